The van der Waals surface area contributed by atoms with Crippen LogP contribution in [-0.4, -0.2) is 39.0 Å². The number of carbonyl (C=O) groups excluding carboxylic acids is 1. The van der Waals surface area contributed by atoms with Crippen LogP contribution in [0.3, 0.4) is 0 Å². The summed E-state index contributed by atoms with van der Waals surface area (Å²) in [7, 11) is 0. The largest absolute Gasteiger partial charge is 0.357 e. The number of anilines is 1. The molecule has 0 spiro atoms. The number of amides is 1. The molecule has 1 amide bonds. The second kappa shape index (κ2) is 8.10. The van der Waals surface area contributed by atoms with Gasteiger partial charge in [0, 0.05) is 23.8 Å². The Morgan fingerprint density at radius 3 is 2.86 bits per heavy atom. The summed E-state index contributed by atoms with van der Waals surface area (Å²) in [6.07, 6.45) is 4.01. The van der Waals surface area contributed by atoms with Gasteiger partial charge in [0.05, 0.1) is 5.75 Å². The topological polar surface area (TPSA) is 45.2 Å². The number of hydrogen-bond donors (Lipinski definition) is 1. The minimum atomic E-state index is -0.0810. The van der Waals surface area contributed by atoms with Gasteiger partial charge in [0.1, 0.15) is 10.1 Å². The second-order valence-corrected chi connectivity index (χ2v) is 7.66. The molecule has 1 aliphatic rings. The fourth-order valence-corrected chi connectivity index (χ4v) is 3.32. The summed E-state index contributed by atoms with van der Waals surface area (Å²) in [6.45, 7) is 4.28. The van der Waals surface area contributed by atoms with Gasteiger partial charge < -0.3 is 10.2 Å². The van der Waals surface area contributed by atoms with E-state index in [1.807, 2.05) is 6.07 Å². The summed E-state index contributed by atoms with van der Waals surface area (Å²) in [5, 5.41) is 2.76. The fraction of sp³-hybridized carbons (Fsp3) is 0.500. The van der Waals surface area contributed by atoms with Gasteiger partial charge >= 0.3 is 0 Å². The Balaban J connectivity index is 1.73. The van der Waals surface area contributed by atoms with Crippen molar-refractivity contribution in [2.75, 3.05) is 24.2 Å². The minimum absolute atomic E-state index is 0.0810. The number of carbonyl (C=O) groups is 1. The van der Waals surface area contributed by atoms with E-state index in [4.69, 9.17) is 12.2 Å². The van der Waals surface area contributed by atoms with Crippen LogP contribution in [0.2, 0.25) is 0 Å². The maximum absolute atomic E-state index is 11.9. The lowest BCUT2D eigenvalue weighted by atomic mass is 10.00. The van der Waals surface area contributed by atoms with E-state index in [1.165, 1.54) is 24.6 Å². The molecule has 0 aromatic carbocycles. The third-order valence-corrected chi connectivity index (χ3v) is 5.36. The summed E-state index contributed by atoms with van der Waals surface area (Å²) in [5.41, 5.74) is 0. The van der Waals surface area contributed by atoms with Crippen molar-refractivity contribution in [3.05, 3.63) is 22.8 Å². The molecular weight excluding hydrogens is 370 g/mol. The second-order valence-electron chi connectivity index (χ2n) is 5.13. The zero-order chi connectivity index (χ0) is 15.2. The van der Waals surface area contributed by atoms with Gasteiger partial charge in [-0.05, 0) is 46.8 Å². The van der Waals surface area contributed by atoms with E-state index in [1.54, 1.807) is 12.3 Å². The number of piperidine rings is 1. The molecule has 1 aromatic heterocycles. The van der Waals surface area contributed by atoms with E-state index in [9.17, 15) is 4.79 Å². The maximum atomic E-state index is 11.9. The highest BCUT2D eigenvalue weighted by molar-refractivity contribution is 9.10. The van der Waals surface area contributed by atoms with Crippen molar-refractivity contribution in [1.29, 1.82) is 0 Å². The number of nitrogens with zero attached hydrogens (tertiary/aromatic N) is 2. The van der Waals surface area contributed by atoms with E-state index in [2.05, 4.69) is 38.1 Å². The smallest absolute Gasteiger partial charge is 0.235 e. The van der Waals surface area contributed by atoms with Gasteiger partial charge in [0.25, 0.3) is 0 Å². The lowest BCUT2D eigenvalue weighted by Gasteiger charge is -2.31. The Morgan fingerprint density at radius 2 is 2.24 bits per heavy atom. The maximum Gasteiger partial charge on any atom is 0.235 e. The van der Waals surface area contributed by atoms with Crippen LogP contribution in [0.5, 0.6) is 0 Å². The summed E-state index contributed by atoms with van der Waals surface area (Å²) >= 11 is 10.1. The molecular formula is C14H18BrN3OS2. The lowest BCUT2D eigenvalue weighted by Crippen LogP contribution is -2.36. The highest BCUT2D eigenvalue weighted by Crippen LogP contribution is 2.20. The zero-order valence-electron chi connectivity index (χ0n) is 11.8. The normalized spacial score (nSPS) is 15.8. The van der Waals surface area contributed by atoms with Crippen molar-refractivity contribution in [1.82, 2.24) is 9.88 Å². The van der Waals surface area contributed by atoms with Gasteiger partial charge in [-0.3, -0.25) is 4.79 Å². The van der Waals surface area contributed by atoms with E-state index in [-0.39, 0.29) is 5.91 Å². The number of likely N-dealkylation sites (tertiary alicyclic amines) is 1. The Morgan fingerprint density at radius 1 is 1.52 bits per heavy atom. The van der Waals surface area contributed by atoms with Gasteiger partial charge in [-0.2, -0.15) is 0 Å². The van der Waals surface area contributed by atoms with E-state index >= 15 is 0 Å². The number of halogens is 1. The predicted octanol–water partition coefficient (Wildman–Crippen LogP) is 3.53. The van der Waals surface area contributed by atoms with Crippen LogP contribution in [-0.2, 0) is 4.79 Å². The van der Waals surface area contributed by atoms with Crippen molar-refractivity contribution >= 4 is 56.0 Å². The number of nitrogens with one attached hydrogen (secondary N) is 1. The quantitative estimate of drug-likeness (QED) is 0.803. The molecule has 1 N–H and O–H groups in total. The monoisotopic (exact) mass is 387 g/mol. The molecule has 0 radical (unpaired) electrons. The van der Waals surface area contributed by atoms with Gasteiger partial charge in [-0.25, -0.2) is 4.98 Å². The van der Waals surface area contributed by atoms with Crippen molar-refractivity contribution in [2.45, 2.75) is 19.8 Å². The number of thiocarbonyl (C=S) groups is 1. The Labute approximate surface area is 143 Å². The molecule has 0 atom stereocenters. The molecule has 2 rings (SSSR count). The van der Waals surface area contributed by atoms with Crippen molar-refractivity contribution < 1.29 is 4.79 Å². The summed E-state index contributed by atoms with van der Waals surface area (Å²) < 4.78 is 1.70. The first-order chi connectivity index (χ1) is 10.0. The standard InChI is InChI=1S/C14H18BrN3OS2/c1-10-4-6-18(7-5-10)14(20)21-9-13(19)17-12-3-2-11(15)8-16-12/h2-3,8,10H,4-7,9H2,1H3,(H,16,17,19). The molecule has 4 nitrogen and oxygen atoms in total. The number of thioether (sulfide) groups is 1. The molecule has 0 bridgehead atoms. The first-order valence-electron chi connectivity index (χ1n) is 6.87. The lowest BCUT2D eigenvalue weighted by molar-refractivity contribution is -0.113. The Hall–Kier alpha value is -0.660. The van der Waals surface area contributed by atoms with E-state index in [0.29, 0.717) is 11.6 Å². The minimum Gasteiger partial charge on any atom is -0.357 e. The molecule has 2 heterocycles. The number of hydrogen-bond acceptors (Lipinski definition) is 4. The molecule has 114 valence electrons. The Kier molecular flexibility index (Phi) is 6.44. The molecule has 1 aromatic rings. The summed E-state index contributed by atoms with van der Waals surface area (Å²) in [5.74, 6) is 1.58. The molecule has 21 heavy (non-hydrogen) atoms. The molecule has 1 fully saturated rings. The molecule has 1 saturated heterocycles. The van der Waals surface area contributed by atoms with Crippen LogP contribution in [0.4, 0.5) is 5.82 Å². The molecule has 1 aliphatic heterocycles. The van der Waals surface area contributed by atoms with Crippen LogP contribution in [0.15, 0.2) is 22.8 Å². The van der Waals surface area contributed by atoms with Gasteiger partial charge in [-0.15, -0.1) is 0 Å². The fourth-order valence-electron chi connectivity index (χ4n) is 2.04. The van der Waals surface area contributed by atoms with Gasteiger partial charge in [0.15, 0.2) is 0 Å². The van der Waals surface area contributed by atoms with Crippen molar-refractivity contribution in [2.24, 2.45) is 5.92 Å². The zero-order valence-corrected chi connectivity index (χ0v) is 15.1. The summed E-state index contributed by atoms with van der Waals surface area (Å²) in [4.78, 5) is 18.2. The average Bonchev–Trinajstić information content (AvgIpc) is 2.48. The average molecular weight is 388 g/mol. The Bertz CT molecular complexity index is 501. The molecule has 0 aliphatic carbocycles. The molecule has 7 heteroatoms. The number of pyridine rings is 1. The first kappa shape index (κ1) is 16.7. The predicted molar refractivity (Wildman–Crippen MR) is 95.6 cm³/mol. The van der Waals surface area contributed by atoms with E-state index in [0.717, 1.165) is 27.8 Å². The van der Waals surface area contributed by atoms with Crippen molar-refractivity contribution in [3.8, 4) is 0 Å². The molecule has 0 unspecified atom stereocenters. The SMILES string of the molecule is CC1CCN(C(=S)SCC(=O)Nc2ccc(Br)cn2)CC1. The van der Waals surface area contributed by atoms with Crippen LogP contribution in [0.25, 0.3) is 0 Å². The van der Waals surface area contributed by atoms with Crippen LogP contribution < -0.4 is 5.32 Å². The highest BCUT2D eigenvalue weighted by atomic mass is 79.9. The van der Waals surface area contributed by atoms with E-state index < -0.39 is 0 Å². The third kappa shape index (κ3) is 5.56. The van der Waals surface area contributed by atoms with Gasteiger partial charge in [-0.1, -0.05) is 30.9 Å². The van der Waals surface area contributed by atoms with Gasteiger partial charge in [0.2, 0.25) is 5.91 Å². The van der Waals surface area contributed by atoms with Crippen LogP contribution in [0, 0.1) is 5.92 Å². The number of rotatable bonds is 3. The van der Waals surface area contributed by atoms with Crippen molar-refractivity contribution in [3.63, 3.8) is 0 Å². The molecule has 0 saturated carbocycles. The van der Waals surface area contributed by atoms with Crippen LogP contribution >= 0.6 is 39.9 Å². The summed E-state index contributed by atoms with van der Waals surface area (Å²) in [6, 6.07) is 3.60. The van der Waals surface area contributed by atoms with Crippen LogP contribution in [0.1, 0.15) is 19.8 Å². The number of aromatic nitrogens is 1. The highest BCUT2D eigenvalue weighted by Gasteiger charge is 2.18. The first-order valence-corrected chi connectivity index (χ1v) is 9.06. The third-order valence-electron chi connectivity index (χ3n) is 3.36.